The number of nitrogens with zero attached hydrogens (tertiary/aromatic N) is 1. The number of carbonyl (C=O) groups is 1. The molecule has 0 aliphatic heterocycles. The molecule has 0 unspecified atom stereocenters. The lowest BCUT2D eigenvalue weighted by Crippen LogP contribution is -2.13. The molecule has 2 aromatic carbocycles. The molecule has 1 aromatic heterocycles. The van der Waals surface area contributed by atoms with Crippen molar-refractivity contribution >= 4 is 32.6 Å². The van der Waals surface area contributed by atoms with E-state index in [1.165, 1.54) is 32.4 Å². The van der Waals surface area contributed by atoms with Crippen LogP contribution < -0.4 is 14.8 Å². The van der Waals surface area contributed by atoms with Crippen molar-refractivity contribution in [3.05, 3.63) is 47.5 Å². The molecule has 3 rings (SSSR count). The van der Waals surface area contributed by atoms with E-state index >= 15 is 0 Å². The Morgan fingerprint density at radius 3 is 2.50 bits per heavy atom. The van der Waals surface area contributed by atoms with E-state index in [-0.39, 0.29) is 22.0 Å². The first-order valence-electron chi connectivity index (χ1n) is 7.34. The maximum Gasteiger partial charge on any atom is 0.418 e. The molecule has 0 fully saturated rings. The number of anilines is 1. The fraction of sp³-hybridized carbons (Fsp3) is 0.176. The van der Waals surface area contributed by atoms with Crippen molar-refractivity contribution < 1.29 is 27.4 Å². The zero-order chi connectivity index (χ0) is 18.9. The third-order valence-corrected chi connectivity index (χ3v) is 4.53. The molecule has 9 heteroatoms. The molecule has 136 valence electrons. The van der Waals surface area contributed by atoms with Crippen LogP contribution in [-0.2, 0) is 6.18 Å². The van der Waals surface area contributed by atoms with Crippen molar-refractivity contribution in [2.24, 2.45) is 0 Å². The summed E-state index contributed by atoms with van der Waals surface area (Å²) in [6.45, 7) is 0. The molecule has 1 N–H and O–H groups in total. The highest BCUT2D eigenvalue weighted by atomic mass is 32.1. The van der Waals surface area contributed by atoms with Crippen LogP contribution in [0.15, 0.2) is 36.4 Å². The number of carbonyl (C=O) groups excluding carboxylic acids is 1. The molecular formula is C17H13F3N2O3S. The van der Waals surface area contributed by atoms with Crippen LogP contribution in [0, 0.1) is 0 Å². The Labute approximate surface area is 150 Å². The largest absolute Gasteiger partial charge is 0.493 e. The lowest BCUT2D eigenvalue weighted by Gasteiger charge is -2.11. The SMILES string of the molecule is COc1cccc(C(=O)Nc2nc3c(C(F)(F)F)cccc3s2)c1OC. The van der Waals surface area contributed by atoms with Gasteiger partial charge in [0.25, 0.3) is 5.91 Å². The van der Waals surface area contributed by atoms with Crippen molar-refractivity contribution in [3.8, 4) is 11.5 Å². The second-order valence-corrected chi connectivity index (χ2v) is 6.19. The summed E-state index contributed by atoms with van der Waals surface area (Å²) in [5.41, 5.74) is -0.856. The van der Waals surface area contributed by atoms with Gasteiger partial charge in [-0.15, -0.1) is 0 Å². The third-order valence-electron chi connectivity index (χ3n) is 3.59. The second kappa shape index (κ2) is 6.83. The Balaban J connectivity index is 1.96. The van der Waals surface area contributed by atoms with Gasteiger partial charge in [-0.3, -0.25) is 10.1 Å². The first-order valence-corrected chi connectivity index (χ1v) is 8.16. The number of rotatable bonds is 4. The molecule has 0 spiro atoms. The number of methoxy groups -OCH3 is 2. The van der Waals surface area contributed by atoms with E-state index in [0.717, 1.165) is 17.4 Å². The number of hydrogen-bond acceptors (Lipinski definition) is 5. The highest BCUT2D eigenvalue weighted by Gasteiger charge is 2.33. The van der Waals surface area contributed by atoms with Crippen LogP contribution in [0.3, 0.4) is 0 Å². The Bertz CT molecular complexity index is 970. The minimum atomic E-state index is -4.52. The molecule has 26 heavy (non-hydrogen) atoms. The molecule has 0 atom stereocenters. The molecular weight excluding hydrogens is 369 g/mol. The van der Waals surface area contributed by atoms with E-state index in [1.54, 1.807) is 12.1 Å². The summed E-state index contributed by atoms with van der Waals surface area (Å²) in [4.78, 5) is 16.5. The maximum absolute atomic E-state index is 13.1. The number of halogens is 3. The minimum absolute atomic E-state index is 0.0616. The Morgan fingerprint density at radius 1 is 1.12 bits per heavy atom. The minimum Gasteiger partial charge on any atom is -0.493 e. The van der Waals surface area contributed by atoms with E-state index in [0.29, 0.717) is 10.4 Å². The van der Waals surface area contributed by atoms with Crippen LogP contribution in [0.2, 0.25) is 0 Å². The average molecular weight is 382 g/mol. The van der Waals surface area contributed by atoms with Gasteiger partial charge in [0.2, 0.25) is 0 Å². The van der Waals surface area contributed by atoms with Gasteiger partial charge in [-0.1, -0.05) is 23.5 Å². The number of thiazole rings is 1. The molecule has 1 amide bonds. The summed E-state index contributed by atoms with van der Waals surface area (Å²) >= 11 is 0.959. The van der Waals surface area contributed by atoms with Crippen LogP contribution in [0.4, 0.5) is 18.3 Å². The highest BCUT2D eigenvalue weighted by molar-refractivity contribution is 7.22. The lowest BCUT2D eigenvalue weighted by atomic mass is 10.1. The van der Waals surface area contributed by atoms with Crippen LogP contribution in [0.5, 0.6) is 11.5 Å². The molecule has 1 heterocycles. The van der Waals surface area contributed by atoms with Gasteiger partial charge in [0, 0.05) is 0 Å². The number of aromatic nitrogens is 1. The summed E-state index contributed by atoms with van der Waals surface area (Å²) in [6, 6.07) is 8.53. The number of fused-ring (bicyclic) bond motifs is 1. The number of benzene rings is 2. The van der Waals surface area contributed by atoms with Crippen molar-refractivity contribution in [3.63, 3.8) is 0 Å². The highest BCUT2D eigenvalue weighted by Crippen LogP contribution is 2.38. The monoisotopic (exact) mass is 382 g/mol. The Morgan fingerprint density at radius 2 is 1.85 bits per heavy atom. The summed E-state index contributed by atoms with van der Waals surface area (Å²) in [7, 11) is 2.83. The summed E-state index contributed by atoms with van der Waals surface area (Å²) in [6.07, 6.45) is -4.52. The van der Waals surface area contributed by atoms with Gasteiger partial charge in [-0.25, -0.2) is 4.98 Å². The molecule has 0 aliphatic carbocycles. The molecule has 0 aliphatic rings. The smallest absolute Gasteiger partial charge is 0.418 e. The number of hydrogen-bond donors (Lipinski definition) is 1. The van der Waals surface area contributed by atoms with E-state index in [2.05, 4.69) is 10.3 Å². The number of alkyl halides is 3. The summed E-state index contributed by atoms with van der Waals surface area (Å²) in [5.74, 6) is 0.0294. The average Bonchev–Trinajstić information content (AvgIpc) is 3.01. The summed E-state index contributed by atoms with van der Waals surface area (Å²) in [5, 5.41) is 2.58. The predicted octanol–water partition coefficient (Wildman–Crippen LogP) is 4.58. The summed E-state index contributed by atoms with van der Waals surface area (Å²) < 4.78 is 49.9. The van der Waals surface area contributed by atoms with Crippen molar-refractivity contribution in [2.45, 2.75) is 6.18 Å². The van der Waals surface area contributed by atoms with E-state index in [4.69, 9.17) is 9.47 Å². The standard InChI is InChI=1S/C17H13F3N2O3S/c1-24-11-7-3-5-9(14(11)25-2)15(23)22-16-21-13-10(17(18,19)20)6-4-8-12(13)26-16/h3-8H,1-2H3,(H,21,22,23). The third kappa shape index (κ3) is 3.30. The van der Waals surface area contributed by atoms with Gasteiger partial charge in [0.05, 0.1) is 35.6 Å². The molecule has 0 bridgehead atoms. The second-order valence-electron chi connectivity index (χ2n) is 5.16. The molecule has 0 radical (unpaired) electrons. The van der Waals surface area contributed by atoms with Crippen LogP contribution in [0.25, 0.3) is 10.2 Å². The van der Waals surface area contributed by atoms with Crippen LogP contribution in [0.1, 0.15) is 15.9 Å². The Hall–Kier alpha value is -2.81. The fourth-order valence-corrected chi connectivity index (χ4v) is 3.35. The fourth-order valence-electron chi connectivity index (χ4n) is 2.46. The van der Waals surface area contributed by atoms with Crippen molar-refractivity contribution in [1.82, 2.24) is 4.98 Å². The van der Waals surface area contributed by atoms with Gasteiger partial charge in [-0.2, -0.15) is 13.2 Å². The van der Waals surface area contributed by atoms with Gasteiger partial charge >= 0.3 is 6.18 Å². The van der Waals surface area contributed by atoms with E-state index in [1.807, 2.05) is 0 Å². The molecule has 3 aromatic rings. The van der Waals surface area contributed by atoms with Gasteiger partial charge in [0.1, 0.15) is 0 Å². The molecule has 5 nitrogen and oxygen atoms in total. The van der Waals surface area contributed by atoms with E-state index < -0.39 is 17.6 Å². The zero-order valence-corrected chi connectivity index (χ0v) is 14.5. The number of nitrogens with one attached hydrogen (secondary N) is 1. The van der Waals surface area contributed by atoms with Crippen LogP contribution in [-0.4, -0.2) is 25.1 Å². The van der Waals surface area contributed by atoms with E-state index in [9.17, 15) is 18.0 Å². The Kier molecular flexibility index (Phi) is 4.73. The normalized spacial score (nSPS) is 11.4. The molecule has 0 saturated heterocycles. The lowest BCUT2D eigenvalue weighted by molar-refractivity contribution is -0.136. The predicted molar refractivity (Wildman–Crippen MR) is 92.1 cm³/mol. The van der Waals surface area contributed by atoms with Gasteiger partial charge in [0.15, 0.2) is 16.6 Å². The number of para-hydroxylation sites is 2. The molecule has 0 saturated carbocycles. The van der Waals surface area contributed by atoms with Gasteiger partial charge in [-0.05, 0) is 24.3 Å². The van der Waals surface area contributed by atoms with Crippen molar-refractivity contribution in [1.29, 1.82) is 0 Å². The topological polar surface area (TPSA) is 60.5 Å². The first kappa shape index (κ1) is 18.0. The van der Waals surface area contributed by atoms with Crippen LogP contribution >= 0.6 is 11.3 Å². The quantitative estimate of drug-likeness (QED) is 0.717. The number of ether oxygens (including phenoxy) is 2. The maximum atomic E-state index is 13.1. The first-order chi connectivity index (χ1) is 12.3. The zero-order valence-electron chi connectivity index (χ0n) is 13.7. The van der Waals surface area contributed by atoms with Gasteiger partial charge < -0.3 is 9.47 Å². The number of amides is 1. The van der Waals surface area contributed by atoms with Crippen molar-refractivity contribution in [2.75, 3.05) is 19.5 Å².